The zero-order valence-corrected chi connectivity index (χ0v) is 13.8. The number of rotatable bonds is 7. The van der Waals surface area contributed by atoms with E-state index in [2.05, 4.69) is 0 Å². The van der Waals surface area contributed by atoms with Gasteiger partial charge < -0.3 is 14.2 Å². The van der Waals surface area contributed by atoms with Gasteiger partial charge in [0.05, 0.1) is 12.0 Å². The van der Waals surface area contributed by atoms with Gasteiger partial charge in [0, 0.05) is 0 Å². The fraction of sp³-hybridized carbons (Fsp3) is 0.188. The summed E-state index contributed by atoms with van der Waals surface area (Å²) in [7, 11) is -2.57. The van der Waals surface area contributed by atoms with E-state index in [-0.39, 0.29) is 29.4 Å². The topological polar surface area (TPSA) is 105 Å². The van der Waals surface area contributed by atoms with Gasteiger partial charge in [-0.15, -0.1) is 0 Å². The van der Waals surface area contributed by atoms with E-state index in [0.29, 0.717) is 5.75 Å². The molecule has 128 valence electrons. The van der Waals surface area contributed by atoms with Crippen LogP contribution in [0.5, 0.6) is 11.5 Å². The SMILES string of the molecule is COc1ccc(S(N)(=O)=O)cc1C(=O)OCCOc1ccccc1. The van der Waals surface area contributed by atoms with Crippen LogP contribution in [-0.4, -0.2) is 34.7 Å². The smallest absolute Gasteiger partial charge is 0.342 e. The Bertz CT molecular complexity index is 805. The lowest BCUT2D eigenvalue weighted by molar-refractivity contribution is 0.0446. The maximum absolute atomic E-state index is 12.1. The summed E-state index contributed by atoms with van der Waals surface area (Å²) >= 11 is 0. The number of carbonyl (C=O) groups is 1. The van der Waals surface area contributed by atoms with Gasteiger partial charge in [-0.25, -0.2) is 18.4 Å². The minimum Gasteiger partial charge on any atom is -0.496 e. The minimum absolute atomic E-state index is 0.00349. The Labute approximate surface area is 140 Å². The normalized spacial score (nSPS) is 10.9. The van der Waals surface area contributed by atoms with Crippen molar-refractivity contribution in [2.24, 2.45) is 5.14 Å². The van der Waals surface area contributed by atoms with Gasteiger partial charge in [-0.2, -0.15) is 0 Å². The molecular formula is C16H17NO6S. The maximum atomic E-state index is 12.1. The van der Waals surface area contributed by atoms with Crippen LogP contribution in [0.1, 0.15) is 10.4 Å². The molecule has 2 aromatic carbocycles. The molecule has 0 atom stereocenters. The summed E-state index contributed by atoms with van der Waals surface area (Å²) in [5.74, 6) is 0.118. The number of methoxy groups -OCH3 is 1. The van der Waals surface area contributed by atoms with Crippen molar-refractivity contribution in [1.29, 1.82) is 0 Å². The zero-order valence-electron chi connectivity index (χ0n) is 13.0. The van der Waals surface area contributed by atoms with Gasteiger partial charge in [-0.05, 0) is 30.3 Å². The Kier molecular flexibility index (Phi) is 5.78. The molecule has 0 aliphatic rings. The van der Waals surface area contributed by atoms with Crippen molar-refractivity contribution in [3.63, 3.8) is 0 Å². The van der Waals surface area contributed by atoms with Crippen LogP contribution in [0.15, 0.2) is 53.4 Å². The molecule has 2 N–H and O–H groups in total. The Morgan fingerprint density at radius 3 is 2.42 bits per heavy atom. The molecular weight excluding hydrogens is 334 g/mol. The highest BCUT2D eigenvalue weighted by molar-refractivity contribution is 7.89. The van der Waals surface area contributed by atoms with E-state index in [4.69, 9.17) is 19.3 Å². The number of carbonyl (C=O) groups excluding carboxylic acids is 1. The second kappa shape index (κ2) is 7.80. The van der Waals surface area contributed by atoms with E-state index >= 15 is 0 Å². The molecule has 0 saturated heterocycles. The van der Waals surface area contributed by atoms with E-state index < -0.39 is 16.0 Å². The van der Waals surface area contributed by atoms with Gasteiger partial charge in [0.15, 0.2) is 0 Å². The Morgan fingerprint density at radius 2 is 1.79 bits per heavy atom. The minimum atomic E-state index is -3.93. The van der Waals surface area contributed by atoms with Gasteiger partial charge in [-0.3, -0.25) is 0 Å². The number of hydrogen-bond donors (Lipinski definition) is 1. The average Bonchev–Trinajstić information content (AvgIpc) is 2.58. The van der Waals surface area contributed by atoms with Gasteiger partial charge in [0.2, 0.25) is 10.0 Å². The van der Waals surface area contributed by atoms with Gasteiger partial charge >= 0.3 is 5.97 Å². The van der Waals surface area contributed by atoms with E-state index in [1.54, 1.807) is 12.1 Å². The highest BCUT2D eigenvalue weighted by Crippen LogP contribution is 2.22. The first-order chi connectivity index (χ1) is 11.4. The molecule has 8 heteroatoms. The molecule has 0 heterocycles. The second-order valence-electron chi connectivity index (χ2n) is 4.70. The van der Waals surface area contributed by atoms with Crippen LogP contribution in [0.25, 0.3) is 0 Å². The second-order valence-corrected chi connectivity index (χ2v) is 6.27. The maximum Gasteiger partial charge on any atom is 0.342 e. The summed E-state index contributed by atoms with van der Waals surface area (Å²) in [4.78, 5) is 11.9. The zero-order chi connectivity index (χ0) is 17.6. The van der Waals surface area contributed by atoms with Gasteiger partial charge in [0.1, 0.15) is 30.3 Å². The van der Waals surface area contributed by atoms with Gasteiger partial charge in [-0.1, -0.05) is 18.2 Å². The van der Waals surface area contributed by atoms with Crippen molar-refractivity contribution in [3.05, 3.63) is 54.1 Å². The van der Waals surface area contributed by atoms with Crippen LogP contribution < -0.4 is 14.6 Å². The summed E-state index contributed by atoms with van der Waals surface area (Å²) in [5.41, 5.74) is -0.0243. The predicted molar refractivity (Wildman–Crippen MR) is 86.6 cm³/mol. The van der Waals surface area contributed by atoms with E-state index in [9.17, 15) is 13.2 Å². The largest absolute Gasteiger partial charge is 0.496 e. The third-order valence-corrected chi connectivity index (χ3v) is 3.96. The number of primary sulfonamides is 1. The van der Waals surface area contributed by atoms with E-state index in [0.717, 1.165) is 6.07 Å². The Hall–Kier alpha value is -2.58. The Balaban J connectivity index is 2.01. The molecule has 0 radical (unpaired) electrons. The molecule has 0 saturated carbocycles. The highest BCUT2D eigenvalue weighted by atomic mass is 32.2. The number of benzene rings is 2. The summed E-state index contributed by atoms with van der Waals surface area (Å²) in [5, 5.41) is 5.06. The lowest BCUT2D eigenvalue weighted by Gasteiger charge is -2.11. The van der Waals surface area contributed by atoms with Crippen LogP contribution in [0.2, 0.25) is 0 Å². The number of para-hydroxylation sites is 1. The number of esters is 1. The Morgan fingerprint density at radius 1 is 1.08 bits per heavy atom. The van der Waals surface area contributed by atoms with E-state index in [1.807, 2.05) is 18.2 Å². The molecule has 2 rings (SSSR count). The molecule has 24 heavy (non-hydrogen) atoms. The lowest BCUT2D eigenvalue weighted by atomic mass is 10.2. The van der Waals surface area contributed by atoms with Gasteiger partial charge in [0.25, 0.3) is 0 Å². The van der Waals surface area contributed by atoms with Crippen molar-refractivity contribution < 1.29 is 27.4 Å². The van der Waals surface area contributed by atoms with Crippen molar-refractivity contribution in [2.45, 2.75) is 4.90 Å². The fourth-order valence-electron chi connectivity index (χ4n) is 1.91. The molecule has 0 aliphatic heterocycles. The molecule has 0 fully saturated rings. The molecule has 7 nitrogen and oxygen atoms in total. The number of sulfonamides is 1. The van der Waals surface area contributed by atoms with Crippen LogP contribution in [0.3, 0.4) is 0 Å². The fourth-order valence-corrected chi connectivity index (χ4v) is 2.45. The summed E-state index contributed by atoms with van der Waals surface area (Å²) in [6.07, 6.45) is 0. The van der Waals surface area contributed by atoms with Crippen LogP contribution in [0, 0.1) is 0 Å². The van der Waals surface area contributed by atoms with Crippen molar-refractivity contribution in [2.75, 3.05) is 20.3 Å². The third kappa shape index (κ3) is 4.71. The standard InChI is InChI=1S/C16H17NO6S/c1-21-15-8-7-13(24(17,19)20)11-14(15)16(18)23-10-9-22-12-5-3-2-4-6-12/h2-8,11H,9-10H2,1H3,(H2,17,19,20). The van der Waals surface area contributed by atoms with Crippen molar-refractivity contribution in [3.8, 4) is 11.5 Å². The number of hydrogen-bond acceptors (Lipinski definition) is 6. The number of nitrogens with two attached hydrogens (primary N) is 1. The first kappa shape index (κ1) is 17.8. The molecule has 0 aromatic heterocycles. The monoisotopic (exact) mass is 351 g/mol. The van der Waals surface area contributed by atoms with Crippen LogP contribution in [0.4, 0.5) is 0 Å². The van der Waals surface area contributed by atoms with Crippen LogP contribution in [-0.2, 0) is 14.8 Å². The average molecular weight is 351 g/mol. The van der Waals surface area contributed by atoms with Crippen LogP contribution >= 0.6 is 0 Å². The first-order valence-electron chi connectivity index (χ1n) is 6.97. The highest BCUT2D eigenvalue weighted by Gasteiger charge is 2.18. The third-order valence-electron chi connectivity index (χ3n) is 3.05. The quantitative estimate of drug-likeness (QED) is 0.600. The summed E-state index contributed by atoms with van der Waals surface area (Å²) < 4.78 is 38.3. The van der Waals surface area contributed by atoms with Crippen molar-refractivity contribution >= 4 is 16.0 Å². The number of ether oxygens (including phenoxy) is 3. The molecule has 0 aliphatic carbocycles. The molecule has 0 spiro atoms. The summed E-state index contributed by atoms with van der Waals surface area (Å²) in [6.45, 7) is 0.156. The summed E-state index contributed by atoms with van der Waals surface area (Å²) in [6, 6.07) is 12.8. The molecule has 2 aromatic rings. The lowest BCUT2D eigenvalue weighted by Crippen LogP contribution is -2.16. The molecule has 0 bridgehead atoms. The first-order valence-corrected chi connectivity index (χ1v) is 8.52. The van der Waals surface area contributed by atoms with E-state index in [1.165, 1.54) is 19.2 Å². The molecule has 0 amide bonds. The van der Waals surface area contributed by atoms with Crippen molar-refractivity contribution in [1.82, 2.24) is 0 Å². The predicted octanol–water partition coefficient (Wildman–Crippen LogP) is 1.58. The molecule has 0 unspecified atom stereocenters.